The van der Waals surface area contributed by atoms with E-state index in [0.717, 1.165) is 0 Å². The number of hydrogen-bond acceptors (Lipinski definition) is 3. The SMILES string of the molecule is Cc1cc2c3c(c1)N(c1ccc4c(c1)C(C)(C)CCC4(C)C)c1c(sc4cc5c(cc14)C(C)(C)CCC5(C)C)B3c1ccc(C(C)(C)C)cc1N2c1cc2c(cc1-c1ccccc1C)C(C)(C)CCC2(C)C. The van der Waals surface area contributed by atoms with Gasteiger partial charge in [0.05, 0.1) is 11.4 Å². The van der Waals surface area contributed by atoms with E-state index in [-0.39, 0.29) is 44.6 Å². The summed E-state index contributed by atoms with van der Waals surface area (Å²) in [6, 6.07) is 40.1. The van der Waals surface area contributed by atoms with Crippen LogP contribution in [-0.2, 0) is 37.9 Å². The molecule has 12 rings (SSSR count). The van der Waals surface area contributed by atoms with Crippen LogP contribution in [0.15, 0.2) is 97.1 Å². The van der Waals surface area contributed by atoms with E-state index >= 15 is 0 Å². The zero-order valence-electron chi connectivity index (χ0n) is 46.9. The molecule has 0 bridgehead atoms. The number of thiophene rings is 1. The number of anilines is 6. The highest BCUT2D eigenvalue weighted by Crippen LogP contribution is 2.57. The summed E-state index contributed by atoms with van der Waals surface area (Å²) in [6.07, 6.45) is 7.13. The fraction of sp³-hybridized carbons (Fsp3) is 0.441. The van der Waals surface area contributed by atoms with E-state index in [4.69, 9.17) is 0 Å². The van der Waals surface area contributed by atoms with Crippen molar-refractivity contribution in [3.8, 4) is 11.1 Å². The lowest BCUT2D eigenvalue weighted by atomic mass is 9.36. The molecule has 1 aromatic heterocycles. The minimum Gasteiger partial charge on any atom is -0.311 e. The average Bonchev–Trinajstić information content (AvgIpc) is 3.68. The number of benzene rings is 6. The van der Waals surface area contributed by atoms with E-state index in [1.54, 1.807) is 0 Å². The van der Waals surface area contributed by atoms with Gasteiger partial charge < -0.3 is 9.80 Å². The van der Waals surface area contributed by atoms with Gasteiger partial charge in [0.1, 0.15) is 0 Å². The van der Waals surface area contributed by atoms with Crippen molar-refractivity contribution in [2.45, 2.75) is 194 Å². The third kappa shape index (κ3) is 6.99. The molecule has 0 saturated heterocycles. The summed E-state index contributed by atoms with van der Waals surface area (Å²) in [7, 11) is 0. The topological polar surface area (TPSA) is 6.48 Å². The minimum atomic E-state index is -0.0426. The molecule has 72 heavy (non-hydrogen) atoms. The molecule has 5 aliphatic rings. The zero-order chi connectivity index (χ0) is 51.2. The molecule has 0 radical (unpaired) electrons. The van der Waals surface area contributed by atoms with E-state index in [1.807, 2.05) is 0 Å². The fourth-order valence-corrected chi connectivity index (χ4v) is 15.6. The first-order valence-electron chi connectivity index (χ1n) is 27.5. The Labute approximate surface area is 437 Å². The number of nitrogens with zero attached hydrogens (tertiary/aromatic N) is 2. The molecule has 7 aromatic rings. The summed E-state index contributed by atoms with van der Waals surface area (Å²) in [5.74, 6) is 0. The first-order valence-corrected chi connectivity index (χ1v) is 28.3. The smallest absolute Gasteiger partial charge is 0.264 e. The first-order chi connectivity index (χ1) is 33.6. The van der Waals surface area contributed by atoms with Crippen molar-refractivity contribution in [3.63, 3.8) is 0 Å². The molecule has 3 heterocycles. The van der Waals surface area contributed by atoms with Gasteiger partial charge in [0.15, 0.2) is 0 Å². The van der Waals surface area contributed by atoms with Crippen molar-refractivity contribution in [1.29, 1.82) is 0 Å². The van der Waals surface area contributed by atoms with Gasteiger partial charge in [0, 0.05) is 43.2 Å². The highest BCUT2D eigenvalue weighted by atomic mass is 32.1. The van der Waals surface area contributed by atoms with Gasteiger partial charge in [-0.3, -0.25) is 0 Å². The highest BCUT2D eigenvalue weighted by molar-refractivity contribution is 7.33. The summed E-state index contributed by atoms with van der Waals surface area (Å²) < 4.78 is 2.88. The number of rotatable bonds is 3. The number of aryl methyl sites for hydroxylation is 2. The van der Waals surface area contributed by atoms with Crippen LogP contribution in [0.4, 0.5) is 34.1 Å². The highest BCUT2D eigenvalue weighted by Gasteiger charge is 2.49. The summed E-state index contributed by atoms with van der Waals surface area (Å²) in [6.45, 7) is 41.7. The molecule has 2 aliphatic heterocycles. The van der Waals surface area contributed by atoms with Gasteiger partial charge in [-0.2, -0.15) is 0 Å². The van der Waals surface area contributed by atoms with Crippen LogP contribution in [-0.4, -0.2) is 6.71 Å². The Morgan fingerprint density at radius 3 is 1.60 bits per heavy atom. The molecule has 0 N–H and O–H groups in total. The van der Waals surface area contributed by atoms with Crippen LogP contribution >= 0.6 is 11.3 Å². The molecule has 0 fully saturated rings. The van der Waals surface area contributed by atoms with Crippen LogP contribution in [0.3, 0.4) is 0 Å². The molecule has 0 amide bonds. The Morgan fingerprint density at radius 2 is 1.00 bits per heavy atom. The van der Waals surface area contributed by atoms with Crippen molar-refractivity contribution in [3.05, 3.63) is 147 Å². The third-order valence-corrected chi connectivity index (χ3v) is 20.6. The number of fused-ring (bicyclic) bond motifs is 9. The first kappa shape index (κ1) is 47.9. The van der Waals surface area contributed by atoms with Gasteiger partial charge in [-0.05, 0) is 211 Å². The second kappa shape index (κ2) is 15.3. The van der Waals surface area contributed by atoms with Crippen LogP contribution in [0, 0.1) is 13.8 Å². The Hall–Kier alpha value is -5.06. The van der Waals surface area contributed by atoms with Gasteiger partial charge in [0.2, 0.25) is 0 Å². The maximum absolute atomic E-state index is 2.76. The van der Waals surface area contributed by atoms with Crippen LogP contribution in [0.5, 0.6) is 0 Å². The van der Waals surface area contributed by atoms with Gasteiger partial charge in [0.25, 0.3) is 6.71 Å². The van der Waals surface area contributed by atoms with E-state index in [9.17, 15) is 0 Å². The monoisotopic (exact) mass is 967 g/mol. The van der Waals surface area contributed by atoms with Gasteiger partial charge in [-0.25, -0.2) is 0 Å². The maximum Gasteiger partial charge on any atom is 0.264 e. The van der Waals surface area contributed by atoms with E-state index in [1.165, 1.54) is 160 Å². The molecule has 0 saturated carbocycles. The lowest BCUT2D eigenvalue weighted by molar-refractivity contribution is 0.332. The van der Waals surface area contributed by atoms with E-state index in [2.05, 4.69) is 236 Å². The van der Waals surface area contributed by atoms with Gasteiger partial charge in [-0.15, -0.1) is 11.3 Å². The third-order valence-electron chi connectivity index (χ3n) is 19.4. The molecular weight excluding hydrogens is 888 g/mol. The second-order valence-electron chi connectivity index (χ2n) is 28.3. The molecule has 6 aromatic carbocycles. The summed E-state index contributed by atoms with van der Waals surface area (Å²) in [5, 5.41) is 1.40. The largest absolute Gasteiger partial charge is 0.311 e. The quantitative estimate of drug-likeness (QED) is 0.163. The Kier molecular flexibility index (Phi) is 10.2. The molecule has 2 nitrogen and oxygen atoms in total. The lowest BCUT2D eigenvalue weighted by Gasteiger charge is -2.46. The Morgan fingerprint density at radius 1 is 0.472 bits per heavy atom. The fourth-order valence-electron chi connectivity index (χ4n) is 14.3. The molecule has 0 atom stereocenters. The summed E-state index contributed by atoms with van der Waals surface area (Å²) in [4.78, 5) is 5.51. The summed E-state index contributed by atoms with van der Waals surface area (Å²) in [5.41, 5.74) is 26.8. The average molecular weight is 967 g/mol. The minimum absolute atomic E-state index is 0.0319. The molecule has 370 valence electrons. The Bertz CT molecular complexity index is 3450. The zero-order valence-corrected chi connectivity index (χ0v) is 47.7. The van der Waals surface area contributed by atoms with Crippen molar-refractivity contribution in [2.75, 3.05) is 9.80 Å². The summed E-state index contributed by atoms with van der Waals surface area (Å²) >= 11 is 2.07. The van der Waals surface area contributed by atoms with Crippen molar-refractivity contribution in [2.24, 2.45) is 0 Å². The van der Waals surface area contributed by atoms with Crippen LogP contribution in [0.1, 0.15) is 192 Å². The van der Waals surface area contributed by atoms with Crippen LogP contribution in [0.2, 0.25) is 0 Å². The lowest BCUT2D eigenvalue weighted by Crippen LogP contribution is -2.60. The predicted octanol–water partition coefficient (Wildman–Crippen LogP) is 17.6. The molecule has 4 heteroatoms. The Balaban J connectivity index is 1.23. The van der Waals surface area contributed by atoms with Crippen molar-refractivity contribution < 1.29 is 0 Å². The number of hydrogen-bond donors (Lipinski definition) is 0. The molecular formula is C68H79BN2S. The predicted molar refractivity (Wildman–Crippen MR) is 315 cm³/mol. The van der Waals surface area contributed by atoms with Gasteiger partial charge in [-0.1, -0.05) is 146 Å². The van der Waals surface area contributed by atoms with Crippen molar-refractivity contribution >= 4 is 78.0 Å². The van der Waals surface area contributed by atoms with E-state index < -0.39 is 0 Å². The van der Waals surface area contributed by atoms with E-state index in [0.29, 0.717) is 0 Å². The van der Waals surface area contributed by atoms with Crippen molar-refractivity contribution in [1.82, 2.24) is 0 Å². The van der Waals surface area contributed by atoms with Gasteiger partial charge >= 0.3 is 0 Å². The molecule has 0 unspecified atom stereocenters. The normalized spacial score (nSPS) is 20.3. The van der Waals surface area contributed by atoms with Crippen LogP contribution < -0.4 is 25.5 Å². The standard InChI is InChI=1S/C68H79BN2S/c1-40-32-56-59-57(33-40)71(54-38-51-49(65(10,11)28-30-67(51,14)15)36-45(54)44-21-19-18-20-41(44)2)55-34-42(62(3,4)5)22-25-53(55)69(59)61-60(46-37-50-52(39-58(46)72-61)68(16,17)31-29-66(50,12)13)70(56)43-23-24-47-48(35-43)64(8,9)27-26-63(47,6)7/h18-25,32-39H,26-31H2,1-17H3. The van der Waals surface area contributed by atoms with Crippen LogP contribution in [0.25, 0.3) is 21.2 Å². The molecule has 0 spiro atoms. The maximum atomic E-state index is 2.76. The molecule has 3 aliphatic carbocycles. The second-order valence-corrected chi connectivity index (χ2v) is 29.4.